The number of carbonyl (C=O) groups excluding carboxylic acids is 17. The third-order valence-electron chi connectivity index (χ3n) is 24.2. The number of aromatic hydroxyl groups is 1. The van der Waals surface area contributed by atoms with Crippen LogP contribution in [0.3, 0.4) is 0 Å². The van der Waals surface area contributed by atoms with Crippen molar-refractivity contribution in [3.8, 4) is 5.75 Å². The predicted octanol–water partition coefficient (Wildman–Crippen LogP) is -1.17. The number of phenolic OH excluding ortho intramolecular Hbond substituents is 1. The summed E-state index contributed by atoms with van der Waals surface area (Å²) in [6.45, 7) is 6.68. The van der Waals surface area contributed by atoms with Gasteiger partial charge in [-0.2, -0.15) is 0 Å². The number of hydrogen-bond acceptors (Lipinski definition) is 23. The monoisotopic (exact) mass is 1910 g/mol. The number of aliphatic hydroxyl groups is 1. The Morgan fingerprint density at radius 3 is 1.73 bits per heavy atom. The Balaban J connectivity index is 1.10. The Morgan fingerprint density at radius 1 is 0.548 bits per heavy atom. The highest BCUT2D eigenvalue weighted by molar-refractivity contribution is 8.00. The normalized spacial score (nSPS) is 24.2. The van der Waals surface area contributed by atoms with E-state index in [1.54, 1.807) is 55.8 Å². The van der Waals surface area contributed by atoms with Gasteiger partial charge in [-0.25, -0.2) is 4.98 Å². The molecule has 17 amide bonds. The van der Waals surface area contributed by atoms with Crippen LogP contribution >= 0.6 is 23.1 Å². The lowest BCUT2D eigenvalue weighted by Crippen LogP contribution is -2.62. The van der Waals surface area contributed by atoms with Crippen LogP contribution in [0.4, 0.5) is 0 Å². The molecule has 0 spiro atoms. The van der Waals surface area contributed by atoms with E-state index >= 15 is 38.4 Å². The minimum Gasteiger partial charge on any atom is -0.508 e. The van der Waals surface area contributed by atoms with Crippen LogP contribution in [0.1, 0.15) is 147 Å². The van der Waals surface area contributed by atoms with Gasteiger partial charge >= 0.3 is 0 Å². The average molecular weight is 1910 g/mol. The maximum atomic E-state index is 15.8. The highest BCUT2D eigenvalue weighted by Crippen LogP contribution is 2.30. The summed E-state index contributed by atoms with van der Waals surface area (Å²) >= 11 is 2.14. The molecule has 42 nitrogen and oxygen atoms in total. The number of amides is 17. The minimum atomic E-state index is -1.85. The smallest absolute Gasteiger partial charge is 0.246 e. The number of primary amides is 2. The van der Waals surface area contributed by atoms with Gasteiger partial charge in [0.05, 0.1) is 31.7 Å². The van der Waals surface area contributed by atoms with Gasteiger partial charge < -0.3 is 120 Å². The average Bonchev–Trinajstić information content (AvgIpc) is 1.72. The lowest BCUT2D eigenvalue weighted by molar-refractivity contribution is -0.149. The van der Waals surface area contributed by atoms with Crippen LogP contribution in [-0.2, 0) is 107 Å². The van der Waals surface area contributed by atoms with Gasteiger partial charge in [-0.05, 0) is 122 Å². The number of thioether (sulfide) groups is 1. The number of hydrogen-bond donors (Lipinski definition) is 19. The van der Waals surface area contributed by atoms with E-state index in [1.165, 1.54) is 86.0 Å². The molecule has 3 aromatic heterocycles. The quantitative estimate of drug-likeness (QED) is 0.0173. The molecule has 22 N–H and O–H groups in total. The Labute approximate surface area is 789 Å². The van der Waals surface area contributed by atoms with Gasteiger partial charge in [0.15, 0.2) is 5.96 Å². The highest BCUT2D eigenvalue weighted by Gasteiger charge is 2.46. The zero-order valence-electron chi connectivity index (χ0n) is 77.1. The van der Waals surface area contributed by atoms with Gasteiger partial charge in [0.2, 0.25) is 100 Å². The molecule has 44 heteroatoms. The van der Waals surface area contributed by atoms with Crippen molar-refractivity contribution in [3.63, 3.8) is 0 Å². The number of rotatable bonds is 26. The van der Waals surface area contributed by atoms with Crippen molar-refractivity contribution in [2.75, 3.05) is 65.4 Å². The van der Waals surface area contributed by atoms with E-state index in [0.717, 1.165) is 36.5 Å². The molecule has 1 unspecified atom stereocenters. The molecule has 0 saturated carbocycles. The summed E-state index contributed by atoms with van der Waals surface area (Å²) in [6, 6.07) is -1.09. The standard InChI is InChI=1S/C91H127N23O19S2/c1-9-11-24-69-83(126)102-60(23-17-33-97-91(94)95)79(122)109-68(78(121)99-44-75(93)118)47-134-48-76(119)101-64(37-52-29-31-56(116)32-30-52)86(129)110(6)51(5)77(120)105-66(40-55-43-96-49-100-55)89(132)114-35-19-27-71(114)85(128)104-62(41-74(92)117)81(124)106-63(36-50(3)4)88(131)113-34-18-26-70(113)84(127)103-61(38-53-42-98-59-22-15-13-20-57(53)59)80(123)108-67(45-115)82(125)107-65(39-54-46-135-73-28-16-14-21-58(54)73)87(130)112(8)72(25-12-10-2)90(133)111(69)7/h13-16,20-22,28-32,42-43,46,49-51,60-72,98,115-116H,9-12,17-19,23-27,33-41,44-45,47-48H2,1-8H3,(H2,92,117)(H2,93,118)(H,96,100)(H,99,121)(H,101,119)(H,102,126)(H,103,127)(H,104,128)(H,105,120)(H,106,124)(H,107,125)(H,108,123)(H,109,122)(H4,94,95,97)/t51-,60-,61-,62-,63-,64-,65-,66-,67-,68?,69-,70-,71-,72-/m0/s1. The molecule has 6 aromatic rings. The third-order valence-corrected chi connectivity index (χ3v) is 26.2. The second kappa shape index (κ2) is 50.7. The number of carbonyl (C=O) groups is 17. The number of aromatic amines is 2. The van der Waals surface area contributed by atoms with E-state index < -0.39 is 222 Å². The van der Waals surface area contributed by atoms with Crippen LogP contribution in [0.25, 0.3) is 21.0 Å². The number of nitrogens with two attached hydrogens (primary N) is 3. The molecule has 0 aliphatic carbocycles. The number of imidazole rings is 1. The lowest BCUT2D eigenvalue weighted by Gasteiger charge is -2.36. The molecule has 732 valence electrons. The molecule has 135 heavy (non-hydrogen) atoms. The van der Waals surface area contributed by atoms with Crippen LogP contribution in [0.2, 0.25) is 0 Å². The number of benzene rings is 3. The molecule has 3 fully saturated rings. The number of para-hydroxylation sites is 1. The van der Waals surface area contributed by atoms with E-state index in [2.05, 4.69) is 73.4 Å². The zero-order valence-corrected chi connectivity index (χ0v) is 78.8. The maximum Gasteiger partial charge on any atom is 0.246 e. The maximum absolute atomic E-state index is 15.8. The van der Waals surface area contributed by atoms with Gasteiger partial charge in [-0.1, -0.05) is 102 Å². The molecular formula is C91H127N23O19S2. The van der Waals surface area contributed by atoms with Crippen molar-refractivity contribution in [1.82, 2.24) is 97.9 Å². The van der Waals surface area contributed by atoms with Crippen molar-refractivity contribution >= 4 is 150 Å². The molecule has 9 rings (SSSR count). The second-order valence-electron chi connectivity index (χ2n) is 34.7. The number of fused-ring (bicyclic) bond motifs is 4. The molecule has 14 atom stereocenters. The molecular weight excluding hydrogens is 1780 g/mol. The van der Waals surface area contributed by atoms with Gasteiger partial charge in [0.25, 0.3) is 0 Å². The Morgan fingerprint density at radius 2 is 1.10 bits per heavy atom. The Bertz CT molecular complexity index is 5210. The van der Waals surface area contributed by atoms with Gasteiger partial charge in [-0.15, -0.1) is 23.1 Å². The second-order valence-corrected chi connectivity index (χ2v) is 36.6. The molecule has 3 saturated heterocycles. The van der Waals surface area contributed by atoms with Crippen molar-refractivity contribution in [2.45, 2.75) is 235 Å². The number of aliphatic hydroxyl groups excluding tert-OH is 1. The van der Waals surface area contributed by atoms with E-state index in [0.29, 0.717) is 59.0 Å². The number of phenols is 1. The Kier molecular flexibility index (Phi) is 39.6. The summed E-state index contributed by atoms with van der Waals surface area (Å²) in [6.07, 6.45) is 4.56. The van der Waals surface area contributed by atoms with E-state index in [-0.39, 0.29) is 115 Å². The Hall–Kier alpha value is -13.3. The molecule has 6 heterocycles. The van der Waals surface area contributed by atoms with E-state index in [1.807, 2.05) is 32.0 Å². The molecule has 3 aliphatic heterocycles. The fraction of sp³-hybridized carbons (Fsp3) is 0.527. The summed E-state index contributed by atoms with van der Waals surface area (Å²) in [5, 5.41) is 61.8. The number of aromatic nitrogens is 3. The summed E-state index contributed by atoms with van der Waals surface area (Å²) in [5.41, 5.74) is 19.4. The molecule has 3 aromatic carbocycles. The number of H-pyrrole nitrogens is 2. The van der Waals surface area contributed by atoms with Crippen LogP contribution in [0.5, 0.6) is 5.75 Å². The van der Waals surface area contributed by atoms with Crippen LogP contribution in [-0.4, -0.2) is 306 Å². The van der Waals surface area contributed by atoms with Crippen molar-refractivity contribution in [2.24, 2.45) is 23.1 Å². The first kappa shape index (κ1) is 105. The summed E-state index contributed by atoms with van der Waals surface area (Å²) in [7, 11) is 3.99. The molecule has 0 radical (unpaired) electrons. The number of likely N-dealkylation sites (N-methyl/N-ethyl adjacent to an activating group) is 3. The summed E-state index contributed by atoms with van der Waals surface area (Å²) < 4.78 is 0.822. The molecule has 3 aliphatic rings. The summed E-state index contributed by atoms with van der Waals surface area (Å²) in [5.74, 6) is -17.2. The fourth-order valence-corrected chi connectivity index (χ4v) is 18.5. The lowest BCUT2D eigenvalue weighted by atomic mass is 10.00. The van der Waals surface area contributed by atoms with Gasteiger partial charge in [-0.3, -0.25) is 86.9 Å². The zero-order chi connectivity index (χ0) is 98.4. The fourth-order valence-electron chi connectivity index (χ4n) is 16.7. The van der Waals surface area contributed by atoms with E-state index in [4.69, 9.17) is 22.6 Å². The number of thiophene rings is 1. The topological polar surface area (TPSA) is 626 Å². The highest BCUT2D eigenvalue weighted by atomic mass is 32.2. The number of unbranched alkanes of at least 4 members (excludes halogenated alkanes) is 2. The van der Waals surface area contributed by atoms with Crippen LogP contribution in [0.15, 0.2) is 96.9 Å². The van der Waals surface area contributed by atoms with Gasteiger partial charge in [0.1, 0.15) is 90.3 Å². The first-order valence-corrected chi connectivity index (χ1v) is 47.4. The first-order chi connectivity index (χ1) is 64.4. The minimum absolute atomic E-state index is 0.00273. The number of nitrogens with one attached hydrogen (secondary N) is 14. The van der Waals surface area contributed by atoms with Gasteiger partial charge in [0, 0.05) is 106 Å². The predicted molar refractivity (Wildman–Crippen MR) is 502 cm³/mol. The number of nitrogens with zero attached hydrogens (tertiary/aromatic N) is 6. The van der Waals surface area contributed by atoms with Crippen LogP contribution in [0, 0.1) is 11.3 Å². The van der Waals surface area contributed by atoms with Crippen LogP contribution < -0.4 is 75.7 Å². The third kappa shape index (κ3) is 29.6. The van der Waals surface area contributed by atoms with Crippen molar-refractivity contribution < 1.29 is 91.7 Å². The van der Waals surface area contributed by atoms with E-state index in [9.17, 15) is 53.4 Å². The van der Waals surface area contributed by atoms with Crippen molar-refractivity contribution in [3.05, 3.63) is 119 Å². The largest absolute Gasteiger partial charge is 0.508 e. The summed E-state index contributed by atoms with van der Waals surface area (Å²) in [4.78, 5) is 267. The number of guanidine groups is 1. The first-order valence-electron chi connectivity index (χ1n) is 45.4. The SMILES string of the molecule is CCCC[C@H]1C(=O)N(C)[C@@H](CCCC)C(=O)N[C@@H](CCCNC(=N)N)C(=O)NC(C(=O)NCC(N)=O)CSCC(=O)N[C@@H](Cc2ccc(O)cc2)C(=O)N(C)[C@@H](C)C(=O)N[C@@H](Cc2cnc[nH]2)C(=O)N2CCC[C@H]2C(=O)N[C@@H](CC(N)=O)C(=O)N[C@@H](CC(C)C)C(=O)N2CCC[C@H]2C(=O)N[C@@H](Cc2c[nH]c3ccccc23)C(=O)N[C@@H](CO)C(=O)N[C@@H](Cc2csc3ccccc23)C(=O)N1C. The van der Waals surface area contributed by atoms with Crippen molar-refractivity contribution in [1.29, 1.82) is 5.41 Å². The molecule has 0 bridgehead atoms.